The second kappa shape index (κ2) is 6.90. The molecule has 4 nitrogen and oxygen atoms in total. The van der Waals surface area contributed by atoms with Crippen LogP contribution in [-0.4, -0.2) is 47.7 Å². The first-order valence-electron chi connectivity index (χ1n) is 7.90. The molecule has 1 rings (SSSR count). The average Bonchev–Trinajstić information content (AvgIpc) is 2.77. The fourth-order valence-electron chi connectivity index (χ4n) is 3.06. The molecule has 0 radical (unpaired) electrons. The van der Waals surface area contributed by atoms with Crippen LogP contribution in [0.2, 0.25) is 0 Å². The van der Waals surface area contributed by atoms with Gasteiger partial charge in [0.05, 0.1) is 0 Å². The van der Waals surface area contributed by atoms with Crippen LogP contribution in [0, 0.1) is 11.3 Å². The van der Waals surface area contributed by atoms with Crippen molar-refractivity contribution >= 4 is 5.97 Å². The van der Waals surface area contributed by atoms with Gasteiger partial charge in [0.1, 0.15) is 5.54 Å². The average molecular weight is 284 g/mol. The number of rotatable bonds is 7. The number of carboxylic acid groups (broad SMARTS) is 1. The Morgan fingerprint density at radius 1 is 1.35 bits per heavy atom. The first-order valence-corrected chi connectivity index (χ1v) is 7.90. The van der Waals surface area contributed by atoms with Gasteiger partial charge in [0.2, 0.25) is 0 Å². The third-order valence-corrected chi connectivity index (χ3v) is 4.69. The highest BCUT2D eigenvalue weighted by Gasteiger charge is 2.33. The second-order valence-corrected chi connectivity index (χ2v) is 7.42. The topological polar surface area (TPSA) is 52.6 Å². The maximum Gasteiger partial charge on any atom is 0.323 e. The number of hydrogen-bond acceptors (Lipinski definition) is 3. The fraction of sp³-hybridized carbons (Fsp3) is 0.938. The van der Waals surface area contributed by atoms with Crippen molar-refractivity contribution in [3.8, 4) is 0 Å². The molecule has 0 spiro atoms. The Bertz CT molecular complexity index is 325. The van der Waals surface area contributed by atoms with Crippen molar-refractivity contribution in [3.05, 3.63) is 0 Å². The van der Waals surface area contributed by atoms with E-state index in [1.165, 1.54) is 6.42 Å². The van der Waals surface area contributed by atoms with Crippen LogP contribution in [0.4, 0.5) is 0 Å². The first-order chi connectivity index (χ1) is 9.19. The second-order valence-electron chi connectivity index (χ2n) is 7.42. The number of likely N-dealkylation sites (tertiary alicyclic amines) is 1. The summed E-state index contributed by atoms with van der Waals surface area (Å²) in [5, 5.41) is 12.4. The van der Waals surface area contributed by atoms with E-state index in [0.29, 0.717) is 18.4 Å². The van der Waals surface area contributed by atoms with Gasteiger partial charge in [-0.05, 0) is 57.2 Å². The largest absolute Gasteiger partial charge is 0.480 e. The van der Waals surface area contributed by atoms with Crippen molar-refractivity contribution in [2.24, 2.45) is 11.3 Å². The van der Waals surface area contributed by atoms with Gasteiger partial charge in [0.25, 0.3) is 0 Å². The molecule has 1 fully saturated rings. The summed E-state index contributed by atoms with van der Waals surface area (Å²) in [5.74, 6) is 0.0236. The summed E-state index contributed by atoms with van der Waals surface area (Å²) in [6, 6.07) is 0. The summed E-state index contributed by atoms with van der Waals surface area (Å²) < 4.78 is 0. The third-order valence-electron chi connectivity index (χ3n) is 4.69. The number of likely N-dealkylation sites (N-methyl/N-ethyl adjacent to an activating group) is 1. The Kier molecular flexibility index (Phi) is 6.02. The van der Waals surface area contributed by atoms with Gasteiger partial charge < -0.3 is 15.3 Å². The summed E-state index contributed by atoms with van der Waals surface area (Å²) in [4.78, 5) is 13.8. The fourth-order valence-corrected chi connectivity index (χ4v) is 3.06. The molecule has 1 aliphatic rings. The summed E-state index contributed by atoms with van der Waals surface area (Å²) in [6.07, 6.45) is 2.90. The van der Waals surface area contributed by atoms with Crippen LogP contribution in [0.1, 0.15) is 53.9 Å². The quantitative estimate of drug-likeness (QED) is 0.754. The van der Waals surface area contributed by atoms with E-state index >= 15 is 0 Å². The molecule has 2 unspecified atom stereocenters. The van der Waals surface area contributed by atoms with E-state index in [-0.39, 0.29) is 0 Å². The summed E-state index contributed by atoms with van der Waals surface area (Å²) >= 11 is 0. The highest BCUT2D eigenvalue weighted by molar-refractivity contribution is 5.78. The molecule has 0 aliphatic carbocycles. The maximum absolute atomic E-state index is 11.3. The Morgan fingerprint density at radius 2 is 2.00 bits per heavy atom. The monoisotopic (exact) mass is 284 g/mol. The number of carbonyl (C=O) groups is 1. The predicted molar refractivity (Wildman–Crippen MR) is 83.0 cm³/mol. The summed E-state index contributed by atoms with van der Waals surface area (Å²) in [7, 11) is 0. The van der Waals surface area contributed by atoms with Gasteiger partial charge in [-0.15, -0.1) is 0 Å². The highest BCUT2D eigenvalue weighted by atomic mass is 16.4. The van der Waals surface area contributed by atoms with Crippen LogP contribution in [0.15, 0.2) is 0 Å². The minimum atomic E-state index is -0.780. The normalized spacial score (nSPS) is 23.8. The van der Waals surface area contributed by atoms with Crippen molar-refractivity contribution in [1.29, 1.82) is 0 Å². The van der Waals surface area contributed by atoms with Gasteiger partial charge in [-0.3, -0.25) is 4.79 Å². The number of hydrogen-bond donors (Lipinski definition) is 2. The first kappa shape index (κ1) is 17.4. The van der Waals surface area contributed by atoms with E-state index in [2.05, 4.69) is 31.0 Å². The lowest BCUT2D eigenvalue weighted by Crippen LogP contribution is -2.49. The van der Waals surface area contributed by atoms with Crippen LogP contribution < -0.4 is 5.32 Å². The lowest BCUT2D eigenvalue weighted by atomic mass is 9.80. The molecule has 0 saturated carbocycles. The lowest BCUT2D eigenvalue weighted by Gasteiger charge is -2.28. The maximum atomic E-state index is 11.3. The molecule has 2 atom stereocenters. The Balaban J connectivity index is 2.36. The molecule has 1 saturated heterocycles. The molecule has 4 heteroatoms. The standard InChI is InChI=1S/C16H32N2O2/c1-6-17-16(5,14(19)20)9-7-10-18-11-8-13(12-18)15(2,3)4/h13,17H,6-12H2,1-5H3,(H,19,20). The van der Waals surface area contributed by atoms with Gasteiger partial charge >= 0.3 is 5.97 Å². The van der Waals surface area contributed by atoms with Crippen molar-refractivity contribution in [2.75, 3.05) is 26.2 Å². The van der Waals surface area contributed by atoms with Crippen molar-refractivity contribution in [2.45, 2.75) is 59.4 Å². The Morgan fingerprint density at radius 3 is 2.45 bits per heavy atom. The number of nitrogens with zero attached hydrogens (tertiary/aromatic N) is 1. The molecular formula is C16H32N2O2. The van der Waals surface area contributed by atoms with Crippen molar-refractivity contribution in [1.82, 2.24) is 10.2 Å². The lowest BCUT2D eigenvalue weighted by molar-refractivity contribution is -0.144. The van der Waals surface area contributed by atoms with E-state index in [4.69, 9.17) is 0 Å². The van der Waals surface area contributed by atoms with E-state index < -0.39 is 11.5 Å². The van der Waals surface area contributed by atoms with Gasteiger partial charge in [0, 0.05) is 6.54 Å². The van der Waals surface area contributed by atoms with E-state index in [9.17, 15) is 9.90 Å². The summed E-state index contributed by atoms with van der Waals surface area (Å²) in [5.41, 5.74) is -0.397. The van der Waals surface area contributed by atoms with Gasteiger partial charge in [-0.2, -0.15) is 0 Å². The summed E-state index contributed by atoms with van der Waals surface area (Å²) in [6.45, 7) is 14.7. The molecule has 1 aliphatic heterocycles. The SMILES string of the molecule is CCNC(C)(CCCN1CCC(C(C)(C)C)C1)C(=O)O. The Hall–Kier alpha value is -0.610. The Labute approximate surface area is 123 Å². The van der Waals surface area contributed by atoms with E-state index in [0.717, 1.165) is 32.0 Å². The molecule has 0 bridgehead atoms. The number of aliphatic carboxylic acids is 1. The highest BCUT2D eigenvalue weighted by Crippen LogP contribution is 2.33. The molecule has 0 amide bonds. The molecule has 1 heterocycles. The molecule has 118 valence electrons. The third kappa shape index (κ3) is 4.74. The van der Waals surface area contributed by atoms with Crippen LogP contribution in [-0.2, 0) is 4.79 Å². The molecular weight excluding hydrogens is 252 g/mol. The minimum absolute atomic E-state index is 0.383. The zero-order valence-corrected chi connectivity index (χ0v) is 13.8. The predicted octanol–water partition coefficient (Wildman–Crippen LogP) is 2.59. The van der Waals surface area contributed by atoms with Crippen LogP contribution >= 0.6 is 0 Å². The van der Waals surface area contributed by atoms with E-state index in [1.807, 2.05) is 6.92 Å². The molecule has 0 aromatic carbocycles. The number of nitrogens with one attached hydrogen (secondary N) is 1. The molecule has 20 heavy (non-hydrogen) atoms. The zero-order chi connectivity index (χ0) is 15.4. The van der Waals surface area contributed by atoms with Gasteiger partial charge in [-0.25, -0.2) is 0 Å². The van der Waals surface area contributed by atoms with Crippen molar-refractivity contribution in [3.63, 3.8) is 0 Å². The minimum Gasteiger partial charge on any atom is -0.480 e. The molecule has 2 N–H and O–H groups in total. The molecule has 0 aromatic rings. The van der Waals surface area contributed by atoms with Gasteiger partial charge in [0.15, 0.2) is 0 Å². The van der Waals surface area contributed by atoms with Crippen LogP contribution in [0.3, 0.4) is 0 Å². The smallest absolute Gasteiger partial charge is 0.323 e. The molecule has 0 aromatic heterocycles. The number of carboxylic acids is 1. The van der Waals surface area contributed by atoms with Crippen LogP contribution in [0.25, 0.3) is 0 Å². The zero-order valence-electron chi connectivity index (χ0n) is 13.8. The van der Waals surface area contributed by atoms with Gasteiger partial charge in [-0.1, -0.05) is 27.7 Å². The van der Waals surface area contributed by atoms with E-state index in [1.54, 1.807) is 6.92 Å². The van der Waals surface area contributed by atoms with Crippen LogP contribution in [0.5, 0.6) is 0 Å². The van der Waals surface area contributed by atoms with Crippen molar-refractivity contribution < 1.29 is 9.90 Å².